The first-order valence-corrected chi connectivity index (χ1v) is 12.9. The van der Waals surface area contributed by atoms with Gasteiger partial charge in [-0.1, -0.05) is 12.8 Å². The van der Waals surface area contributed by atoms with E-state index in [1.807, 2.05) is 24.3 Å². The number of carbonyl (C=O) groups is 2. The zero-order chi connectivity index (χ0) is 23.8. The Kier molecular flexibility index (Phi) is 7.02. The number of halogens is 1. The van der Waals surface area contributed by atoms with Crippen molar-refractivity contribution in [3.8, 4) is 0 Å². The number of anilines is 1. The fourth-order valence-corrected chi connectivity index (χ4v) is 6.31. The largest absolute Gasteiger partial charge is 0.388 e. The Hall–Kier alpha value is -1.87. The van der Waals surface area contributed by atoms with Crippen LogP contribution in [0.4, 0.5) is 5.69 Å². The summed E-state index contributed by atoms with van der Waals surface area (Å²) in [4.78, 5) is 33.2. The van der Waals surface area contributed by atoms with E-state index in [-0.39, 0.29) is 35.8 Å². The summed E-state index contributed by atoms with van der Waals surface area (Å²) in [6, 6.07) is 6.59. The minimum Gasteiger partial charge on any atom is -0.388 e. The van der Waals surface area contributed by atoms with Gasteiger partial charge in [-0.3, -0.25) is 9.59 Å². The molecule has 2 N–H and O–H groups in total. The fourth-order valence-electron chi connectivity index (χ4n) is 5.94. The van der Waals surface area contributed by atoms with E-state index >= 15 is 0 Å². The Morgan fingerprint density at radius 2 is 1.79 bits per heavy atom. The molecule has 4 fully saturated rings. The number of aliphatic hydroxyl groups excluding tert-OH is 1. The van der Waals surface area contributed by atoms with Crippen molar-refractivity contribution >= 4 is 29.1 Å². The van der Waals surface area contributed by atoms with Gasteiger partial charge in [0.25, 0.3) is 5.91 Å². The maximum Gasteiger partial charge on any atom is 0.251 e. The van der Waals surface area contributed by atoms with Gasteiger partial charge in [-0.05, 0) is 50.1 Å². The molecule has 2 amide bonds. The number of nitrogens with one attached hydrogen (secondary N) is 1. The summed E-state index contributed by atoms with van der Waals surface area (Å²) in [6.45, 7) is 4.49. The average Bonchev–Trinajstić information content (AvgIpc) is 3.58. The summed E-state index contributed by atoms with van der Waals surface area (Å²) < 4.78 is 5.63. The van der Waals surface area contributed by atoms with Gasteiger partial charge in [0.05, 0.1) is 24.1 Å². The molecule has 0 aromatic heterocycles. The molecule has 1 aromatic carbocycles. The van der Waals surface area contributed by atoms with Gasteiger partial charge in [-0.25, -0.2) is 0 Å². The molecule has 1 aliphatic carbocycles. The third kappa shape index (κ3) is 4.65. The van der Waals surface area contributed by atoms with E-state index in [2.05, 4.69) is 22.2 Å². The average molecular weight is 491 g/mol. The van der Waals surface area contributed by atoms with Crippen molar-refractivity contribution < 1.29 is 19.4 Å². The van der Waals surface area contributed by atoms with E-state index in [9.17, 15) is 14.7 Å². The van der Waals surface area contributed by atoms with Crippen molar-refractivity contribution in [1.29, 1.82) is 0 Å². The molecule has 1 aromatic rings. The number of likely N-dealkylation sites (tertiary alicyclic amines) is 1. The Morgan fingerprint density at radius 3 is 2.47 bits per heavy atom. The van der Waals surface area contributed by atoms with Gasteiger partial charge in [0.1, 0.15) is 12.1 Å². The first-order chi connectivity index (χ1) is 16.4. The van der Waals surface area contributed by atoms with Crippen LogP contribution in [0.2, 0.25) is 0 Å². The Labute approximate surface area is 206 Å². The molecule has 0 unspecified atom stereocenters. The number of hydrogen-bond acceptors (Lipinski definition) is 6. The number of aliphatic hydroxyl groups is 1. The Bertz CT molecular complexity index is 885. The maximum absolute atomic E-state index is 13.7. The van der Waals surface area contributed by atoms with Crippen molar-refractivity contribution in [3.05, 3.63) is 29.8 Å². The van der Waals surface area contributed by atoms with Crippen LogP contribution >= 0.6 is 11.6 Å². The van der Waals surface area contributed by atoms with E-state index < -0.39 is 18.2 Å². The second-order valence-electron chi connectivity index (χ2n) is 10.2. The van der Waals surface area contributed by atoms with Crippen LogP contribution in [0, 0.1) is 5.92 Å². The molecule has 8 nitrogen and oxygen atoms in total. The van der Waals surface area contributed by atoms with E-state index in [4.69, 9.17) is 16.3 Å². The number of ether oxygens (including phenoxy) is 1. The van der Waals surface area contributed by atoms with Crippen LogP contribution in [0.5, 0.6) is 0 Å². The molecule has 9 heteroatoms. The lowest BCUT2D eigenvalue weighted by molar-refractivity contribution is -0.137. The normalized spacial score (nSPS) is 31.0. The van der Waals surface area contributed by atoms with Crippen LogP contribution in [0.1, 0.15) is 36.0 Å². The van der Waals surface area contributed by atoms with Crippen LogP contribution < -0.4 is 10.2 Å². The van der Waals surface area contributed by atoms with Gasteiger partial charge in [0.2, 0.25) is 5.91 Å². The van der Waals surface area contributed by atoms with E-state index in [1.54, 1.807) is 4.90 Å². The molecule has 34 heavy (non-hydrogen) atoms. The predicted molar refractivity (Wildman–Crippen MR) is 130 cm³/mol. The molecular formula is C25H35ClN4O4. The molecule has 0 radical (unpaired) electrons. The molecule has 3 saturated heterocycles. The summed E-state index contributed by atoms with van der Waals surface area (Å²) in [5.74, 6) is -0.304. The lowest BCUT2D eigenvalue weighted by atomic mass is 9.95. The molecule has 1 saturated carbocycles. The van der Waals surface area contributed by atoms with E-state index in [1.165, 1.54) is 0 Å². The number of alkyl halides is 1. The molecule has 5 atom stereocenters. The summed E-state index contributed by atoms with van der Waals surface area (Å²) in [5, 5.41) is 13.1. The number of fused-ring (bicyclic) bond motifs is 1. The van der Waals surface area contributed by atoms with E-state index in [0.717, 1.165) is 57.5 Å². The lowest BCUT2D eigenvalue weighted by Gasteiger charge is -2.34. The van der Waals surface area contributed by atoms with Crippen LogP contribution in [0.3, 0.4) is 0 Å². The van der Waals surface area contributed by atoms with Gasteiger partial charge in [-0.15, -0.1) is 11.6 Å². The van der Waals surface area contributed by atoms with Crippen LogP contribution in [0.15, 0.2) is 24.3 Å². The highest BCUT2D eigenvalue weighted by Gasteiger charge is 2.53. The molecule has 0 spiro atoms. The van der Waals surface area contributed by atoms with Crippen molar-refractivity contribution in [2.45, 2.75) is 55.4 Å². The molecule has 3 heterocycles. The van der Waals surface area contributed by atoms with Gasteiger partial charge >= 0.3 is 0 Å². The van der Waals surface area contributed by atoms with Gasteiger partial charge in [0, 0.05) is 44.0 Å². The van der Waals surface area contributed by atoms with Gasteiger partial charge < -0.3 is 29.9 Å². The molecule has 0 bridgehead atoms. The smallest absolute Gasteiger partial charge is 0.251 e. The van der Waals surface area contributed by atoms with Crippen LogP contribution in [-0.4, -0.2) is 103 Å². The first kappa shape index (κ1) is 23.9. The molecular weight excluding hydrogens is 456 g/mol. The van der Waals surface area contributed by atoms with Crippen LogP contribution in [0.25, 0.3) is 0 Å². The number of rotatable bonds is 5. The van der Waals surface area contributed by atoms with Crippen molar-refractivity contribution in [3.63, 3.8) is 0 Å². The summed E-state index contributed by atoms with van der Waals surface area (Å²) in [6.07, 6.45) is 2.82. The zero-order valence-corrected chi connectivity index (χ0v) is 20.5. The van der Waals surface area contributed by atoms with Crippen molar-refractivity contribution in [2.75, 3.05) is 51.3 Å². The highest BCUT2D eigenvalue weighted by Crippen LogP contribution is 2.35. The third-order valence-corrected chi connectivity index (χ3v) is 8.37. The minimum absolute atomic E-state index is 0.0911. The Morgan fingerprint density at radius 1 is 1.12 bits per heavy atom. The fraction of sp³-hybridized carbons (Fsp3) is 0.680. The van der Waals surface area contributed by atoms with Gasteiger partial charge in [0.15, 0.2) is 0 Å². The zero-order valence-electron chi connectivity index (χ0n) is 19.7. The van der Waals surface area contributed by atoms with Crippen molar-refractivity contribution in [2.24, 2.45) is 5.92 Å². The van der Waals surface area contributed by atoms with Gasteiger partial charge in [-0.2, -0.15) is 0 Å². The third-order valence-electron chi connectivity index (χ3n) is 7.98. The standard InChI is InChI=1S/C25H35ClN4O4/c1-28-10-12-29(13-11-28)18-8-6-17(7-9-18)24(32)27-21(16-4-2-3-5-16)25(33)30-14-19(26)23-22(30)20(31)15-34-23/h6-9,16,19-23,31H,2-5,10-15H2,1H3,(H,27,32)/t19-,20-,21-,22+,23+/m0/s1. The van der Waals surface area contributed by atoms with Crippen LogP contribution in [-0.2, 0) is 9.53 Å². The Balaban J connectivity index is 1.29. The molecule has 186 valence electrons. The highest BCUT2D eigenvalue weighted by atomic mass is 35.5. The first-order valence-electron chi connectivity index (χ1n) is 12.5. The summed E-state index contributed by atoms with van der Waals surface area (Å²) >= 11 is 6.45. The number of benzene rings is 1. The quantitative estimate of drug-likeness (QED) is 0.605. The minimum atomic E-state index is -0.750. The number of hydrogen-bond donors (Lipinski definition) is 2. The SMILES string of the molecule is CN1CCN(c2ccc(C(=O)N[C@H](C(=O)N3C[C@H](Cl)[C@H]4OC[C@H](O)[C@H]43)C3CCCC3)cc2)CC1. The monoisotopic (exact) mass is 490 g/mol. The van der Waals surface area contributed by atoms with E-state index in [0.29, 0.717) is 12.1 Å². The number of nitrogens with zero attached hydrogens (tertiary/aromatic N) is 3. The maximum atomic E-state index is 13.7. The summed E-state index contributed by atoms with van der Waals surface area (Å²) in [7, 11) is 2.13. The number of carbonyl (C=O) groups excluding carboxylic acids is 2. The van der Waals surface area contributed by atoms with Crippen molar-refractivity contribution in [1.82, 2.24) is 15.1 Å². The second-order valence-corrected chi connectivity index (χ2v) is 10.8. The molecule has 4 aliphatic rings. The second kappa shape index (κ2) is 10.0. The predicted octanol–water partition coefficient (Wildman–Crippen LogP) is 1.30. The lowest BCUT2D eigenvalue weighted by Crippen LogP contribution is -2.55. The number of amides is 2. The number of piperazine rings is 1. The molecule has 5 rings (SSSR count). The number of likely N-dealkylation sites (N-methyl/N-ethyl adjacent to an activating group) is 1. The summed E-state index contributed by atoms with van der Waals surface area (Å²) in [5.41, 5.74) is 1.66. The topological polar surface area (TPSA) is 85.4 Å². The highest BCUT2D eigenvalue weighted by molar-refractivity contribution is 6.21. The molecule has 3 aliphatic heterocycles.